The van der Waals surface area contributed by atoms with E-state index in [9.17, 15) is 9.18 Å². The molecule has 0 spiro atoms. The van der Waals surface area contributed by atoms with Crippen LogP contribution in [-0.4, -0.2) is 72.1 Å². The molecule has 2 aromatic rings. The Bertz CT molecular complexity index is 702. The lowest BCUT2D eigenvalue weighted by molar-refractivity contribution is 0.0595. The van der Waals surface area contributed by atoms with E-state index >= 15 is 0 Å². The molecule has 23 heavy (non-hydrogen) atoms. The minimum Gasteiger partial charge on any atom is -0.383 e. The number of hydrogen-bond donors (Lipinski definition) is 0. The lowest BCUT2D eigenvalue weighted by atomic mass is 10.1. The summed E-state index contributed by atoms with van der Waals surface area (Å²) in [5.74, 6) is -0.731. The SMILES string of the molecule is COCCN1CCN(C(=O)c2ccnc3ccc(F)nc23)CC1. The fourth-order valence-corrected chi connectivity index (χ4v) is 2.74. The van der Waals surface area contributed by atoms with Crippen LogP contribution in [0.3, 0.4) is 0 Å². The lowest BCUT2D eigenvalue weighted by Gasteiger charge is -2.34. The topological polar surface area (TPSA) is 58.6 Å². The van der Waals surface area contributed by atoms with Crippen LogP contribution in [0.15, 0.2) is 24.4 Å². The highest BCUT2D eigenvalue weighted by Crippen LogP contribution is 2.17. The van der Waals surface area contributed by atoms with Crippen molar-refractivity contribution in [3.8, 4) is 0 Å². The van der Waals surface area contributed by atoms with Gasteiger partial charge in [-0.2, -0.15) is 4.39 Å². The van der Waals surface area contributed by atoms with Gasteiger partial charge in [-0.1, -0.05) is 0 Å². The molecule has 1 amide bonds. The summed E-state index contributed by atoms with van der Waals surface area (Å²) in [4.78, 5) is 24.8. The minimum absolute atomic E-state index is 0.123. The van der Waals surface area contributed by atoms with Gasteiger partial charge in [0.25, 0.3) is 5.91 Å². The molecule has 1 aliphatic heterocycles. The molecule has 6 nitrogen and oxygen atoms in total. The summed E-state index contributed by atoms with van der Waals surface area (Å²) in [6.07, 6.45) is 1.56. The average molecular weight is 318 g/mol. The van der Waals surface area contributed by atoms with Gasteiger partial charge in [0.15, 0.2) is 0 Å². The zero-order chi connectivity index (χ0) is 16.2. The molecule has 2 aromatic heterocycles. The maximum Gasteiger partial charge on any atom is 0.256 e. The number of halogens is 1. The Hall–Kier alpha value is -2.12. The van der Waals surface area contributed by atoms with Gasteiger partial charge < -0.3 is 9.64 Å². The van der Waals surface area contributed by atoms with Crippen molar-refractivity contribution in [2.45, 2.75) is 0 Å². The second-order valence-electron chi connectivity index (χ2n) is 5.49. The van der Waals surface area contributed by atoms with Crippen LogP contribution < -0.4 is 0 Å². The van der Waals surface area contributed by atoms with Crippen LogP contribution in [0.2, 0.25) is 0 Å². The van der Waals surface area contributed by atoms with Gasteiger partial charge in [-0.05, 0) is 18.2 Å². The number of carbonyl (C=O) groups is 1. The normalized spacial score (nSPS) is 16.0. The van der Waals surface area contributed by atoms with Gasteiger partial charge in [0.1, 0.15) is 5.52 Å². The molecule has 0 bridgehead atoms. The lowest BCUT2D eigenvalue weighted by Crippen LogP contribution is -2.49. The van der Waals surface area contributed by atoms with Crippen LogP contribution in [0.25, 0.3) is 11.0 Å². The highest BCUT2D eigenvalue weighted by atomic mass is 19.1. The summed E-state index contributed by atoms with van der Waals surface area (Å²) in [6, 6.07) is 4.39. The van der Waals surface area contributed by atoms with Gasteiger partial charge in [0.05, 0.1) is 17.7 Å². The Kier molecular flexibility index (Phi) is 4.78. The molecule has 3 rings (SSSR count). The Labute approximate surface area is 133 Å². The fraction of sp³-hybridized carbons (Fsp3) is 0.438. The van der Waals surface area contributed by atoms with Crippen molar-refractivity contribution in [3.05, 3.63) is 35.9 Å². The summed E-state index contributed by atoms with van der Waals surface area (Å²) < 4.78 is 18.5. The van der Waals surface area contributed by atoms with Crippen LogP contribution in [0.5, 0.6) is 0 Å². The summed E-state index contributed by atoms with van der Waals surface area (Å²) in [7, 11) is 1.68. The molecule has 0 unspecified atom stereocenters. The molecular formula is C16H19FN4O2. The average Bonchev–Trinajstić information content (AvgIpc) is 2.59. The predicted molar refractivity (Wildman–Crippen MR) is 83.7 cm³/mol. The molecular weight excluding hydrogens is 299 g/mol. The Morgan fingerprint density at radius 2 is 2.04 bits per heavy atom. The van der Waals surface area contributed by atoms with Gasteiger partial charge >= 0.3 is 0 Å². The van der Waals surface area contributed by atoms with E-state index in [1.165, 1.54) is 12.1 Å². The maximum atomic E-state index is 13.4. The van der Waals surface area contributed by atoms with Gasteiger partial charge in [0.2, 0.25) is 5.95 Å². The number of ether oxygens (including phenoxy) is 1. The number of methoxy groups -OCH3 is 1. The smallest absolute Gasteiger partial charge is 0.256 e. The van der Waals surface area contributed by atoms with Crippen molar-refractivity contribution < 1.29 is 13.9 Å². The monoisotopic (exact) mass is 318 g/mol. The first-order valence-corrected chi connectivity index (χ1v) is 7.61. The first-order valence-electron chi connectivity index (χ1n) is 7.61. The molecule has 0 radical (unpaired) electrons. The molecule has 0 aliphatic carbocycles. The largest absolute Gasteiger partial charge is 0.383 e. The van der Waals surface area contributed by atoms with Crippen molar-refractivity contribution >= 4 is 16.9 Å². The van der Waals surface area contributed by atoms with E-state index in [2.05, 4.69) is 14.9 Å². The second kappa shape index (κ2) is 6.97. The molecule has 0 saturated carbocycles. The van der Waals surface area contributed by atoms with Gasteiger partial charge in [0, 0.05) is 46.0 Å². The summed E-state index contributed by atoms with van der Waals surface area (Å²) in [5, 5.41) is 0. The minimum atomic E-state index is -0.607. The van der Waals surface area contributed by atoms with Crippen LogP contribution in [0.4, 0.5) is 4.39 Å². The number of fused-ring (bicyclic) bond motifs is 1. The molecule has 122 valence electrons. The maximum absolute atomic E-state index is 13.4. The van der Waals surface area contributed by atoms with E-state index in [4.69, 9.17) is 4.74 Å². The van der Waals surface area contributed by atoms with E-state index in [0.717, 1.165) is 19.6 Å². The second-order valence-corrected chi connectivity index (χ2v) is 5.49. The molecule has 0 aromatic carbocycles. The van der Waals surface area contributed by atoms with E-state index in [1.54, 1.807) is 24.3 Å². The molecule has 1 aliphatic rings. The quantitative estimate of drug-likeness (QED) is 0.792. The standard InChI is InChI=1S/C16H19FN4O2/c1-23-11-10-20-6-8-21(9-7-20)16(22)12-4-5-18-13-2-3-14(17)19-15(12)13/h2-5H,6-11H2,1H3. The highest BCUT2D eigenvalue weighted by molar-refractivity contribution is 6.04. The first-order chi connectivity index (χ1) is 11.2. The molecule has 3 heterocycles. The molecule has 0 atom stereocenters. The number of piperazine rings is 1. The Morgan fingerprint density at radius 3 is 2.78 bits per heavy atom. The zero-order valence-corrected chi connectivity index (χ0v) is 13.0. The predicted octanol–water partition coefficient (Wildman–Crippen LogP) is 1.17. The van der Waals surface area contributed by atoms with Crippen molar-refractivity contribution in [1.82, 2.24) is 19.8 Å². The van der Waals surface area contributed by atoms with Crippen LogP contribution in [0, 0.1) is 5.95 Å². The van der Waals surface area contributed by atoms with Crippen molar-refractivity contribution in [3.63, 3.8) is 0 Å². The summed E-state index contributed by atoms with van der Waals surface area (Å²) >= 11 is 0. The van der Waals surface area contributed by atoms with E-state index in [0.29, 0.717) is 36.3 Å². The van der Waals surface area contributed by atoms with Crippen LogP contribution >= 0.6 is 0 Å². The summed E-state index contributed by atoms with van der Waals surface area (Å²) in [6.45, 7) is 4.44. The fourth-order valence-electron chi connectivity index (χ4n) is 2.74. The van der Waals surface area contributed by atoms with E-state index in [1.807, 2.05) is 0 Å². The first kappa shape index (κ1) is 15.8. The van der Waals surface area contributed by atoms with Gasteiger partial charge in [-0.25, -0.2) is 4.98 Å². The zero-order valence-electron chi connectivity index (χ0n) is 13.0. The third-order valence-corrected chi connectivity index (χ3v) is 4.05. The van der Waals surface area contributed by atoms with E-state index in [-0.39, 0.29) is 5.91 Å². The third kappa shape index (κ3) is 3.46. The summed E-state index contributed by atoms with van der Waals surface area (Å²) in [5.41, 5.74) is 1.25. The highest BCUT2D eigenvalue weighted by Gasteiger charge is 2.23. The number of pyridine rings is 2. The van der Waals surface area contributed by atoms with Gasteiger partial charge in [-0.3, -0.25) is 14.7 Å². The molecule has 7 heteroatoms. The molecule has 1 saturated heterocycles. The number of aromatic nitrogens is 2. The van der Waals surface area contributed by atoms with Crippen LogP contribution in [-0.2, 0) is 4.74 Å². The van der Waals surface area contributed by atoms with E-state index < -0.39 is 5.95 Å². The Balaban J connectivity index is 1.75. The number of rotatable bonds is 4. The van der Waals surface area contributed by atoms with Crippen molar-refractivity contribution in [2.24, 2.45) is 0 Å². The molecule has 1 fully saturated rings. The van der Waals surface area contributed by atoms with Crippen molar-refractivity contribution in [1.29, 1.82) is 0 Å². The third-order valence-electron chi connectivity index (χ3n) is 4.05. The van der Waals surface area contributed by atoms with Crippen LogP contribution in [0.1, 0.15) is 10.4 Å². The van der Waals surface area contributed by atoms with Crippen molar-refractivity contribution in [2.75, 3.05) is 46.4 Å². The number of carbonyl (C=O) groups excluding carboxylic acids is 1. The number of hydrogen-bond acceptors (Lipinski definition) is 5. The van der Waals surface area contributed by atoms with Gasteiger partial charge in [-0.15, -0.1) is 0 Å². The number of nitrogens with zero attached hydrogens (tertiary/aromatic N) is 4. The molecule has 0 N–H and O–H groups in total. The number of amides is 1. The Morgan fingerprint density at radius 1 is 1.26 bits per heavy atom.